The van der Waals surface area contributed by atoms with Crippen molar-refractivity contribution in [2.45, 2.75) is 19.4 Å². The molecule has 1 unspecified atom stereocenters. The molecule has 2 heterocycles. The molecule has 0 bridgehead atoms. The van der Waals surface area contributed by atoms with Crippen molar-refractivity contribution >= 4 is 30.0 Å². The topological polar surface area (TPSA) is 59.0 Å². The average Bonchev–Trinajstić information content (AvgIpc) is 2.47. The normalized spacial score (nSPS) is 21.0. The van der Waals surface area contributed by atoms with Gasteiger partial charge in [-0.25, -0.2) is 0 Å². The fourth-order valence-electron chi connectivity index (χ4n) is 2.91. The molecule has 1 fully saturated rings. The number of carboxylic acids is 1. The number of benzene rings is 1. The molecule has 0 aromatic heterocycles. The minimum Gasteiger partial charge on any atom is -0.486 e. The Hall–Kier alpha value is -1.17. The first-order valence-corrected chi connectivity index (χ1v) is 7.54. The second kappa shape index (κ2) is 7.40. The summed E-state index contributed by atoms with van der Waals surface area (Å²) in [6.45, 7) is 3.22. The summed E-state index contributed by atoms with van der Waals surface area (Å²) in [6, 6.07) is 3.81. The second-order valence-corrected chi connectivity index (χ2v) is 5.92. The molecule has 1 aromatic rings. The van der Waals surface area contributed by atoms with Gasteiger partial charge in [0, 0.05) is 13.1 Å². The van der Waals surface area contributed by atoms with E-state index in [-0.39, 0.29) is 18.3 Å². The highest BCUT2D eigenvalue weighted by molar-refractivity contribution is 6.32. The van der Waals surface area contributed by atoms with Crippen molar-refractivity contribution in [3.63, 3.8) is 0 Å². The van der Waals surface area contributed by atoms with Gasteiger partial charge in [0.25, 0.3) is 0 Å². The maximum Gasteiger partial charge on any atom is 0.307 e. The summed E-state index contributed by atoms with van der Waals surface area (Å²) < 4.78 is 11.1. The van der Waals surface area contributed by atoms with Gasteiger partial charge in [-0.05, 0) is 37.1 Å². The molecule has 0 amide bonds. The molecule has 2 aliphatic heterocycles. The van der Waals surface area contributed by atoms with Gasteiger partial charge in [0.05, 0.1) is 10.9 Å². The molecule has 0 spiro atoms. The number of fused-ring (bicyclic) bond motifs is 1. The van der Waals surface area contributed by atoms with Gasteiger partial charge < -0.3 is 14.6 Å². The molecule has 22 heavy (non-hydrogen) atoms. The Kier molecular flexibility index (Phi) is 5.78. The van der Waals surface area contributed by atoms with Gasteiger partial charge in [-0.1, -0.05) is 11.6 Å². The van der Waals surface area contributed by atoms with Gasteiger partial charge in [-0.15, -0.1) is 12.4 Å². The van der Waals surface area contributed by atoms with Crippen molar-refractivity contribution < 1.29 is 19.4 Å². The van der Waals surface area contributed by atoms with Crippen LogP contribution >= 0.6 is 24.0 Å². The minimum atomic E-state index is -0.708. The predicted octanol–water partition coefficient (Wildman–Crippen LogP) is 2.83. The molecule has 1 aromatic carbocycles. The van der Waals surface area contributed by atoms with Crippen LogP contribution in [0.15, 0.2) is 12.1 Å². The zero-order chi connectivity index (χ0) is 14.8. The molecule has 2 aliphatic rings. The lowest BCUT2D eigenvalue weighted by atomic mass is 9.98. The summed E-state index contributed by atoms with van der Waals surface area (Å²) in [6.07, 6.45) is 1.67. The lowest BCUT2D eigenvalue weighted by Gasteiger charge is -2.31. The summed E-state index contributed by atoms with van der Waals surface area (Å²) in [7, 11) is 0. The summed E-state index contributed by atoms with van der Waals surface area (Å²) in [5.74, 6) is 0.301. The maximum absolute atomic E-state index is 11.1. The van der Waals surface area contributed by atoms with Gasteiger partial charge in [0.1, 0.15) is 13.2 Å². The summed E-state index contributed by atoms with van der Waals surface area (Å²) in [5.41, 5.74) is 1.02. The molecular weight excluding hydrogens is 329 g/mol. The third kappa shape index (κ3) is 3.77. The summed E-state index contributed by atoms with van der Waals surface area (Å²) in [5, 5.41) is 9.69. The zero-order valence-electron chi connectivity index (χ0n) is 12.1. The first-order valence-electron chi connectivity index (χ1n) is 7.16. The molecule has 1 saturated heterocycles. The van der Waals surface area contributed by atoms with Crippen LogP contribution in [0.3, 0.4) is 0 Å². The Balaban J connectivity index is 0.00000176. The third-order valence-electron chi connectivity index (χ3n) is 3.92. The maximum atomic E-state index is 11.1. The van der Waals surface area contributed by atoms with E-state index in [0.29, 0.717) is 42.8 Å². The van der Waals surface area contributed by atoms with E-state index in [1.807, 2.05) is 12.1 Å². The highest BCUT2D eigenvalue weighted by Gasteiger charge is 2.26. The van der Waals surface area contributed by atoms with Crippen molar-refractivity contribution in [1.82, 2.24) is 4.90 Å². The Morgan fingerprint density at radius 1 is 1.36 bits per heavy atom. The highest BCUT2D eigenvalue weighted by atomic mass is 35.5. The Labute approximate surface area is 140 Å². The van der Waals surface area contributed by atoms with Crippen LogP contribution in [0.1, 0.15) is 18.4 Å². The standard InChI is InChI=1S/C15H18ClNO4.ClH/c16-12-6-10(7-13-14(12)21-5-4-20-13)8-17-3-1-2-11(9-17)15(18)19;/h6-7,11H,1-5,8-9H2,(H,18,19);1H. The number of halogens is 2. The molecule has 5 nitrogen and oxygen atoms in total. The number of aliphatic carboxylic acids is 1. The van der Waals surface area contributed by atoms with E-state index in [9.17, 15) is 4.79 Å². The van der Waals surface area contributed by atoms with Gasteiger partial charge in [-0.2, -0.15) is 0 Å². The van der Waals surface area contributed by atoms with Gasteiger partial charge in [0.15, 0.2) is 11.5 Å². The SMILES string of the molecule is Cl.O=C(O)C1CCCN(Cc2cc(Cl)c3c(c2)OCCO3)C1. The first kappa shape index (κ1) is 17.2. The van der Waals surface area contributed by atoms with Crippen LogP contribution in [0.4, 0.5) is 0 Å². The van der Waals surface area contributed by atoms with Crippen LogP contribution in [0.25, 0.3) is 0 Å². The monoisotopic (exact) mass is 347 g/mol. The van der Waals surface area contributed by atoms with Crippen LogP contribution in [-0.2, 0) is 11.3 Å². The first-order chi connectivity index (χ1) is 10.1. The van der Waals surface area contributed by atoms with Crippen molar-refractivity contribution in [3.05, 3.63) is 22.7 Å². The van der Waals surface area contributed by atoms with Gasteiger partial charge in [-0.3, -0.25) is 9.69 Å². The second-order valence-electron chi connectivity index (χ2n) is 5.51. The number of ether oxygens (including phenoxy) is 2. The molecule has 7 heteroatoms. The minimum absolute atomic E-state index is 0. The molecule has 122 valence electrons. The van der Waals surface area contributed by atoms with Crippen molar-refractivity contribution in [2.75, 3.05) is 26.3 Å². The number of hydrogen-bond acceptors (Lipinski definition) is 4. The number of rotatable bonds is 3. The lowest BCUT2D eigenvalue weighted by molar-refractivity contribution is -0.143. The van der Waals surface area contributed by atoms with E-state index < -0.39 is 5.97 Å². The van der Waals surface area contributed by atoms with E-state index in [1.54, 1.807) is 0 Å². The van der Waals surface area contributed by atoms with E-state index >= 15 is 0 Å². The Bertz CT molecular complexity index is 553. The van der Waals surface area contributed by atoms with Crippen LogP contribution in [-0.4, -0.2) is 42.3 Å². The summed E-state index contributed by atoms with van der Waals surface area (Å²) >= 11 is 6.23. The number of likely N-dealkylation sites (tertiary alicyclic amines) is 1. The molecule has 0 radical (unpaired) electrons. The van der Waals surface area contributed by atoms with Crippen molar-refractivity contribution in [3.8, 4) is 11.5 Å². The quantitative estimate of drug-likeness (QED) is 0.910. The largest absolute Gasteiger partial charge is 0.486 e. The van der Waals surface area contributed by atoms with E-state index in [1.165, 1.54) is 0 Å². The Morgan fingerprint density at radius 3 is 2.91 bits per heavy atom. The summed E-state index contributed by atoms with van der Waals surface area (Å²) in [4.78, 5) is 13.3. The molecule has 1 N–H and O–H groups in total. The van der Waals surface area contributed by atoms with Crippen molar-refractivity contribution in [1.29, 1.82) is 0 Å². The molecule has 0 saturated carbocycles. The smallest absolute Gasteiger partial charge is 0.307 e. The molecule has 1 atom stereocenters. The number of hydrogen-bond donors (Lipinski definition) is 1. The lowest BCUT2D eigenvalue weighted by Crippen LogP contribution is -2.38. The van der Waals surface area contributed by atoms with Crippen LogP contribution in [0.5, 0.6) is 11.5 Å². The van der Waals surface area contributed by atoms with Crippen LogP contribution < -0.4 is 9.47 Å². The number of piperidine rings is 1. The number of nitrogens with zero attached hydrogens (tertiary/aromatic N) is 1. The fourth-order valence-corrected chi connectivity index (χ4v) is 3.20. The molecule has 3 rings (SSSR count). The number of carboxylic acid groups (broad SMARTS) is 1. The third-order valence-corrected chi connectivity index (χ3v) is 4.20. The molecule has 0 aliphatic carbocycles. The number of carbonyl (C=O) groups is 1. The van der Waals surface area contributed by atoms with Gasteiger partial charge in [0.2, 0.25) is 0 Å². The van der Waals surface area contributed by atoms with Crippen molar-refractivity contribution in [2.24, 2.45) is 5.92 Å². The Morgan fingerprint density at radius 2 is 2.14 bits per heavy atom. The fraction of sp³-hybridized carbons (Fsp3) is 0.533. The zero-order valence-corrected chi connectivity index (χ0v) is 13.7. The van der Waals surface area contributed by atoms with Crippen LogP contribution in [0, 0.1) is 5.92 Å². The molecular formula is C15H19Cl2NO4. The average molecular weight is 348 g/mol. The highest BCUT2D eigenvalue weighted by Crippen LogP contribution is 2.38. The van der Waals surface area contributed by atoms with Gasteiger partial charge >= 0.3 is 5.97 Å². The predicted molar refractivity (Wildman–Crippen MR) is 85.3 cm³/mol. The van der Waals surface area contributed by atoms with E-state index in [2.05, 4.69) is 4.90 Å². The van der Waals surface area contributed by atoms with E-state index in [4.69, 9.17) is 26.2 Å². The van der Waals surface area contributed by atoms with Crippen LogP contribution in [0.2, 0.25) is 5.02 Å². The van der Waals surface area contributed by atoms with E-state index in [0.717, 1.165) is 24.9 Å².